The normalized spacial score (nSPS) is 11.8. The summed E-state index contributed by atoms with van der Waals surface area (Å²) in [5, 5.41) is 0. The number of nitrogens with zero attached hydrogens (tertiary/aromatic N) is 4. The highest BCUT2D eigenvalue weighted by atomic mass is 16.5. The fourth-order valence-corrected chi connectivity index (χ4v) is 3.47. The van der Waals surface area contributed by atoms with Crippen LogP contribution in [0, 0.1) is 0 Å². The van der Waals surface area contributed by atoms with Gasteiger partial charge >= 0.3 is 5.97 Å². The van der Waals surface area contributed by atoms with Crippen LogP contribution in [0.2, 0.25) is 0 Å². The highest BCUT2D eigenvalue weighted by Gasteiger charge is 2.27. The minimum Gasteiger partial charge on any atom is -0.496 e. The second kappa shape index (κ2) is 7.92. The Balaban J connectivity index is 1.61. The van der Waals surface area contributed by atoms with E-state index in [0.717, 1.165) is 11.2 Å². The summed E-state index contributed by atoms with van der Waals surface area (Å²) < 4.78 is 25.6. The molecule has 31 heavy (non-hydrogen) atoms. The molecule has 0 aliphatic carbocycles. The third kappa shape index (κ3) is 3.79. The molecule has 4 aromatic rings. The molecule has 4 aromatic heterocycles. The Labute approximate surface area is 179 Å². The monoisotopic (exact) mass is 424 g/mol. The highest BCUT2D eigenvalue weighted by Crippen LogP contribution is 2.34. The maximum absolute atomic E-state index is 12.0. The molecule has 0 aliphatic heterocycles. The summed E-state index contributed by atoms with van der Waals surface area (Å²) in [7, 11) is 4.46. The summed E-state index contributed by atoms with van der Waals surface area (Å²) >= 11 is 0. The zero-order valence-electron chi connectivity index (χ0n) is 18.1. The van der Waals surface area contributed by atoms with Gasteiger partial charge < -0.3 is 27.7 Å². The molecule has 0 unspecified atom stereocenters. The Bertz CT molecular complexity index is 1260. The number of carbonyl (C=O) groups is 1. The van der Waals surface area contributed by atoms with E-state index in [0.29, 0.717) is 28.4 Å². The topological polar surface area (TPSA) is 88.6 Å². The smallest absolute Gasteiger partial charge is 0.343 e. The van der Waals surface area contributed by atoms with E-state index in [-0.39, 0.29) is 6.61 Å². The number of hydrogen-bond acceptors (Lipinski definition) is 7. The lowest BCUT2D eigenvalue weighted by Crippen LogP contribution is -2.23. The quantitative estimate of drug-likeness (QED) is 0.421. The van der Waals surface area contributed by atoms with Crippen LogP contribution in [0.4, 0.5) is 0 Å². The van der Waals surface area contributed by atoms with E-state index in [1.807, 2.05) is 42.9 Å². The zero-order chi connectivity index (χ0) is 22.2. The van der Waals surface area contributed by atoms with Gasteiger partial charge in [0.05, 0.1) is 39.2 Å². The molecule has 0 amide bonds. The van der Waals surface area contributed by atoms with Crippen molar-refractivity contribution in [1.29, 1.82) is 0 Å². The van der Waals surface area contributed by atoms with Gasteiger partial charge in [0.1, 0.15) is 28.4 Å². The highest BCUT2D eigenvalue weighted by molar-refractivity contribution is 5.92. The van der Waals surface area contributed by atoms with Crippen LogP contribution in [0.25, 0.3) is 11.3 Å². The number of imidazole rings is 2. The van der Waals surface area contributed by atoms with Crippen LogP contribution in [0.1, 0.15) is 35.5 Å². The molecule has 4 rings (SSSR count). The van der Waals surface area contributed by atoms with Gasteiger partial charge in [0.2, 0.25) is 0 Å². The Hall–Kier alpha value is -3.59. The van der Waals surface area contributed by atoms with Gasteiger partial charge in [-0.3, -0.25) is 0 Å². The maximum Gasteiger partial charge on any atom is 0.343 e. The first-order valence-electron chi connectivity index (χ1n) is 9.65. The van der Waals surface area contributed by atoms with Crippen molar-refractivity contribution in [3.8, 4) is 11.5 Å². The van der Waals surface area contributed by atoms with Gasteiger partial charge in [0.15, 0.2) is 0 Å². The Kier molecular flexibility index (Phi) is 5.28. The zero-order valence-corrected chi connectivity index (χ0v) is 18.1. The molecule has 0 saturated carbocycles. The van der Waals surface area contributed by atoms with Gasteiger partial charge in [0, 0.05) is 48.7 Å². The standard InChI is InChI=1S/C22H24N4O5/c1-22(2,16-12-25-7-6-23-19(25)9-18(16)29-4)31-13-14-10-26-11-15(21(27)30-5)17(28-3)8-20(26)24-14/h6-12H,13H2,1-5H3. The van der Waals surface area contributed by atoms with E-state index in [1.165, 1.54) is 14.2 Å². The van der Waals surface area contributed by atoms with Gasteiger partial charge in [-0.05, 0) is 13.8 Å². The van der Waals surface area contributed by atoms with Gasteiger partial charge in [-0.15, -0.1) is 0 Å². The average Bonchev–Trinajstić information content (AvgIpc) is 3.40. The summed E-state index contributed by atoms with van der Waals surface area (Å²) in [5.41, 5.74) is 2.69. The van der Waals surface area contributed by atoms with E-state index in [4.69, 9.17) is 18.9 Å². The van der Waals surface area contributed by atoms with Crippen molar-refractivity contribution in [2.45, 2.75) is 26.1 Å². The molecule has 4 heterocycles. The summed E-state index contributed by atoms with van der Waals surface area (Å²) in [6.07, 6.45) is 9.02. The van der Waals surface area contributed by atoms with Crippen LogP contribution in [0.3, 0.4) is 0 Å². The first-order valence-corrected chi connectivity index (χ1v) is 9.65. The average molecular weight is 424 g/mol. The molecule has 162 valence electrons. The van der Waals surface area contributed by atoms with Gasteiger partial charge in [-0.1, -0.05) is 0 Å². The molecule has 0 fully saturated rings. The largest absolute Gasteiger partial charge is 0.496 e. The lowest BCUT2D eigenvalue weighted by Gasteiger charge is -2.27. The first-order chi connectivity index (χ1) is 14.9. The Morgan fingerprint density at radius 3 is 2.45 bits per heavy atom. The van der Waals surface area contributed by atoms with Crippen molar-refractivity contribution >= 4 is 17.3 Å². The lowest BCUT2D eigenvalue weighted by atomic mass is 9.98. The van der Waals surface area contributed by atoms with Crippen molar-refractivity contribution in [1.82, 2.24) is 18.8 Å². The fraction of sp³-hybridized carbons (Fsp3) is 0.318. The van der Waals surface area contributed by atoms with Gasteiger partial charge in [0.25, 0.3) is 0 Å². The number of methoxy groups -OCH3 is 3. The maximum atomic E-state index is 12.0. The van der Waals surface area contributed by atoms with Crippen molar-refractivity contribution in [2.75, 3.05) is 21.3 Å². The molecule has 0 atom stereocenters. The van der Waals surface area contributed by atoms with Crippen LogP contribution in [-0.2, 0) is 21.7 Å². The fourth-order valence-electron chi connectivity index (χ4n) is 3.47. The molecular formula is C22H24N4O5. The first kappa shape index (κ1) is 20.7. The molecule has 0 aliphatic rings. The number of rotatable bonds is 7. The predicted molar refractivity (Wildman–Crippen MR) is 113 cm³/mol. The van der Waals surface area contributed by atoms with E-state index in [2.05, 4.69) is 9.97 Å². The minimum atomic E-state index is -0.658. The van der Waals surface area contributed by atoms with E-state index in [1.54, 1.807) is 30.0 Å². The summed E-state index contributed by atoms with van der Waals surface area (Å²) in [5.74, 6) is 0.621. The number of carbonyl (C=O) groups excluding carboxylic acids is 1. The molecule has 0 bridgehead atoms. The number of hydrogen-bond donors (Lipinski definition) is 0. The number of esters is 1. The second-order valence-corrected chi connectivity index (χ2v) is 7.49. The second-order valence-electron chi connectivity index (χ2n) is 7.49. The lowest BCUT2D eigenvalue weighted by molar-refractivity contribution is -0.0365. The Morgan fingerprint density at radius 1 is 1.00 bits per heavy atom. The predicted octanol–water partition coefficient (Wildman–Crippen LogP) is 3.24. The number of pyridine rings is 2. The molecule has 9 nitrogen and oxygen atoms in total. The third-order valence-electron chi connectivity index (χ3n) is 5.17. The van der Waals surface area contributed by atoms with Crippen LogP contribution >= 0.6 is 0 Å². The van der Waals surface area contributed by atoms with Crippen LogP contribution in [0.15, 0.2) is 43.1 Å². The third-order valence-corrected chi connectivity index (χ3v) is 5.17. The van der Waals surface area contributed by atoms with Crippen LogP contribution in [0.5, 0.6) is 11.5 Å². The SMILES string of the molecule is COC(=O)c1cn2cc(COC(C)(C)c3cn4ccnc4cc3OC)nc2cc1OC. The number of fused-ring (bicyclic) bond motifs is 2. The van der Waals surface area contributed by atoms with Crippen LogP contribution < -0.4 is 9.47 Å². The van der Waals surface area contributed by atoms with Gasteiger partial charge in [-0.25, -0.2) is 14.8 Å². The summed E-state index contributed by atoms with van der Waals surface area (Å²) in [4.78, 5) is 20.9. The van der Waals surface area contributed by atoms with E-state index in [9.17, 15) is 4.79 Å². The van der Waals surface area contributed by atoms with Crippen molar-refractivity contribution in [3.05, 3.63) is 59.9 Å². The van der Waals surface area contributed by atoms with E-state index < -0.39 is 11.6 Å². The molecule has 0 radical (unpaired) electrons. The van der Waals surface area contributed by atoms with Crippen LogP contribution in [-0.4, -0.2) is 46.1 Å². The van der Waals surface area contributed by atoms with Crippen molar-refractivity contribution in [2.24, 2.45) is 0 Å². The number of aromatic nitrogens is 4. The molecule has 0 saturated heterocycles. The molecule has 0 spiro atoms. The molecule has 9 heteroatoms. The molecule has 0 aromatic carbocycles. The van der Waals surface area contributed by atoms with Crippen molar-refractivity contribution < 1.29 is 23.7 Å². The molecule has 0 N–H and O–H groups in total. The number of ether oxygens (including phenoxy) is 4. The summed E-state index contributed by atoms with van der Waals surface area (Å²) in [6.45, 7) is 4.21. The minimum absolute atomic E-state index is 0.260. The van der Waals surface area contributed by atoms with Gasteiger partial charge in [-0.2, -0.15) is 0 Å². The Morgan fingerprint density at radius 2 is 1.74 bits per heavy atom. The molecular weight excluding hydrogens is 400 g/mol. The van der Waals surface area contributed by atoms with Crippen molar-refractivity contribution in [3.63, 3.8) is 0 Å². The van der Waals surface area contributed by atoms with E-state index >= 15 is 0 Å². The summed E-state index contributed by atoms with van der Waals surface area (Å²) in [6, 6.07) is 3.57.